The summed E-state index contributed by atoms with van der Waals surface area (Å²) in [5.74, 6) is -2.33. The first kappa shape index (κ1) is 25.9. The molecule has 11 heteroatoms. The summed E-state index contributed by atoms with van der Waals surface area (Å²) < 4.78 is 46.0. The Bertz CT molecular complexity index is 1350. The normalized spacial score (nSPS) is 14.5. The highest BCUT2D eigenvalue weighted by atomic mass is 35.5. The number of ether oxygens (including phenoxy) is 1. The number of esters is 1. The SMILES string of the molecule is O=C(O[C@H](C(=O)Nc1ccc(Cl)cc1C(F)(F)F)c1ccccc1)C1=NN(c2ccccc2)C(=O)CC1. The third-order valence-corrected chi connectivity index (χ3v) is 5.61. The summed E-state index contributed by atoms with van der Waals surface area (Å²) in [7, 11) is 0. The van der Waals surface area contributed by atoms with Crippen LogP contribution in [0.4, 0.5) is 24.5 Å². The van der Waals surface area contributed by atoms with Crippen LogP contribution in [0.3, 0.4) is 0 Å². The summed E-state index contributed by atoms with van der Waals surface area (Å²) in [6.45, 7) is 0. The van der Waals surface area contributed by atoms with Gasteiger partial charge in [0.15, 0.2) is 0 Å². The molecule has 4 rings (SSSR count). The molecule has 1 aliphatic rings. The van der Waals surface area contributed by atoms with Gasteiger partial charge in [-0.05, 0) is 30.3 Å². The molecule has 0 saturated carbocycles. The molecule has 0 saturated heterocycles. The second-order valence-electron chi connectivity index (χ2n) is 7.96. The Hall–Kier alpha value is -4.18. The van der Waals surface area contributed by atoms with Gasteiger partial charge in [-0.1, -0.05) is 60.1 Å². The molecule has 190 valence electrons. The van der Waals surface area contributed by atoms with Gasteiger partial charge in [-0.3, -0.25) is 9.59 Å². The zero-order valence-electron chi connectivity index (χ0n) is 19.0. The number of hydrogen-bond donors (Lipinski definition) is 1. The summed E-state index contributed by atoms with van der Waals surface area (Å²) in [5.41, 5.74) is -1.14. The molecule has 0 spiro atoms. The van der Waals surface area contributed by atoms with E-state index in [1.54, 1.807) is 48.5 Å². The molecule has 0 aliphatic carbocycles. The topological polar surface area (TPSA) is 88.1 Å². The Balaban J connectivity index is 1.62. The number of nitrogens with one attached hydrogen (secondary N) is 1. The Morgan fingerprint density at radius 2 is 1.62 bits per heavy atom. The number of carbonyl (C=O) groups excluding carboxylic acids is 3. The lowest BCUT2D eigenvalue weighted by atomic mass is 10.1. The largest absolute Gasteiger partial charge is 0.443 e. The molecule has 0 bridgehead atoms. The van der Waals surface area contributed by atoms with E-state index in [0.29, 0.717) is 11.8 Å². The zero-order chi connectivity index (χ0) is 26.6. The maximum atomic E-state index is 13.5. The maximum absolute atomic E-state index is 13.5. The van der Waals surface area contributed by atoms with Crippen LogP contribution in [-0.2, 0) is 25.3 Å². The Labute approximate surface area is 214 Å². The maximum Gasteiger partial charge on any atom is 0.418 e. The number of benzene rings is 3. The molecule has 0 aromatic heterocycles. The van der Waals surface area contributed by atoms with Crippen LogP contribution in [0, 0.1) is 0 Å². The average Bonchev–Trinajstić information content (AvgIpc) is 2.88. The molecule has 1 aliphatic heterocycles. The van der Waals surface area contributed by atoms with Gasteiger partial charge in [0.1, 0.15) is 5.71 Å². The molecule has 2 amide bonds. The van der Waals surface area contributed by atoms with Crippen molar-refractivity contribution in [3.8, 4) is 0 Å². The number of alkyl halides is 3. The number of hydrazone groups is 1. The smallest absolute Gasteiger partial charge is 0.418 e. The molecule has 1 heterocycles. The standard InChI is InChI=1S/C26H19ClF3N3O4/c27-17-11-12-20(19(15-17)26(28,29)30)31-24(35)23(16-7-3-1-4-8-16)37-25(36)21-13-14-22(34)33(32-21)18-9-5-2-6-10-18/h1-12,15,23H,13-14H2,(H,31,35)/t23-/m0/s1. The van der Waals surface area contributed by atoms with Gasteiger partial charge in [0, 0.05) is 23.4 Å². The van der Waals surface area contributed by atoms with Crippen LogP contribution in [0.25, 0.3) is 0 Å². The fourth-order valence-corrected chi connectivity index (χ4v) is 3.78. The number of nitrogens with zero attached hydrogens (tertiary/aromatic N) is 2. The molecular weight excluding hydrogens is 511 g/mol. The lowest BCUT2D eigenvalue weighted by Gasteiger charge is -2.24. The van der Waals surface area contributed by atoms with Crippen LogP contribution in [0.1, 0.15) is 30.1 Å². The summed E-state index contributed by atoms with van der Waals surface area (Å²) in [4.78, 5) is 38.5. The summed E-state index contributed by atoms with van der Waals surface area (Å²) >= 11 is 5.72. The van der Waals surface area contributed by atoms with E-state index in [2.05, 4.69) is 10.4 Å². The fraction of sp³-hybridized carbons (Fsp3) is 0.154. The molecule has 7 nitrogen and oxygen atoms in total. The minimum atomic E-state index is -4.79. The fourth-order valence-electron chi connectivity index (χ4n) is 3.61. The highest BCUT2D eigenvalue weighted by Crippen LogP contribution is 2.37. The number of para-hydroxylation sites is 1. The van der Waals surface area contributed by atoms with Crippen molar-refractivity contribution < 1.29 is 32.3 Å². The molecular formula is C26H19ClF3N3O4. The quantitative estimate of drug-likeness (QED) is 0.411. The number of anilines is 2. The number of amides is 2. The average molecular weight is 530 g/mol. The molecule has 3 aromatic carbocycles. The lowest BCUT2D eigenvalue weighted by Crippen LogP contribution is -2.36. The van der Waals surface area contributed by atoms with E-state index >= 15 is 0 Å². The van der Waals surface area contributed by atoms with Crippen LogP contribution >= 0.6 is 11.6 Å². The lowest BCUT2D eigenvalue weighted by molar-refractivity contribution is -0.148. The second-order valence-corrected chi connectivity index (χ2v) is 8.40. The Kier molecular flexibility index (Phi) is 7.58. The van der Waals surface area contributed by atoms with Crippen molar-refractivity contribution in [1.29, 1.82) is 0 Å². The summed E-state index contributed by atoms with van der Waals surface area (Å²) in [6.07, 6.45) is -6.45. The predicted octanol–water partition coefficient (Wildman–Crippen LogP) is 5.76. The predicted molar refractivity (Wildman–Crippen MR) is 131 cm³/mol. The third kappa shape index (κ3) is 6.15. The van der Waals surface area contributed by atoms with E-state index in [4.69, 9.17) is 16.3 Å². The van der Waals surface area contributed by atoms with E-state index in [1.807, 2.05) is 0 Å². The van der Waals surface area contributed by atoms with Gasteiger partial charge in [0.2, 0.25) is 12.0 Å². The van der Waals surface area contributed by atoms with E-state index in [9.17, 15) is 27.6 Å². The highest BCUT2D eigenvalue weighted by molar-refractivity contribution is 6.38. The van der Waals surface area contributed by atoms with Crippen LogP contribution in [0.5, 0.6) is 0 Å². The van der Waals surface area contributed by atoms with Gasteiger partial charge >= 0.3 is 12.1 Å². The first-order valence-electron chi connectivity index (χ1n) is 11.0. The highest BCUT2D eigenvalue weighted by Gasteiger charge is 2.36. The second kappa shape index (κ2) is 10.8. The van der Waals surface area contributed by atoms with Gasteiger partial charge in [-0.2, -0.15) is 18.3 Å². The van der Waals surface area contributed by atoms with Crippen molar-refractivity contribution in [2.24, 2.45) is 5.10 Å². The van der Waals surface area contributed by atoms with E-state index in [1.165, 1.54) is 18.2 Å². The molecule has 0 unspecified atom stereocenters. The van der Waals surface area contributed by atoms with Crippen LogP contribution in [-0.4, -0.2) is 23.5 Å². The van der Waals surface area contributed by atoms with Crippen molar-refractivity contribution >= 4 is 46.5 Å². The molecule has 3 aromatic rings. The van der Waals surface area contributed by atoms with Gasteiger partial charge in [0.05, 0.1) is 16.9 Å². The minimum absolute atomic E-state index is 0.0231. The monoisotopic (exact) mass is 529 g/mol. The van der Waals surface area contributed by atoms with Crippen molar-refractivity contribution in [3.05, 3.63) is 95.0 Å². The van der Waals surface area contributed by atoms with Gasteiger partial charge < -0.3 is 10.1 Å². The van der Waals surface area contributed by atoms with E-state index < -0.39 is 35.4 Å². The number of hydrogen-bond acceptors (Lipinski definition) is 5. The Morgan fingerprint density at radius 1 is 0.973 bits per heavy atom. The van der Waals surface area contributed by atoms with Crippen LogP contribution in [0.15, 0.2) is 84.0 Å². The summed E-state index contributed by atoms with van der Waals surface area (Å²) in [6, 6.07) is 19.1. The molecule has 1 N–H and O–H groups in total. The van der Waals surface area contributed by atoms with Crippen molar-refractivity contribution in [3.63, 3.8) is 0 Å². The van der Waals surface area contributed by atoms with Crippen molar-refractivity contribution in [1.82, 2.24) is 0 Å². The van der Waals surface area contributed by atoms with Crippen LogP contribution in [0.2, 0.25) is 5.02 Å². The number of carbonyl (C=O) groups is 3. The molecule has 0 radical (unpaired) electrons. The zero-order valence-corrected chi connectivity index (χ0v) is 19.8. The molecule has 0 fully saturated rings. The third-order valence-electron chi connectivity index (χ3n) is 5.38. The van der Waals surface area contributed by atoms with Gasteiger partial charge in [-0.15, -0.1) is 0 Å². The summed E-state index contributed by atoms with van der Waals surface area (Å²) in [5, 5.41) is 7.21. The number of rotatable bonds is 6. The van der Waals surface area contributed by atoms with Crippen molar-refractivity contribution in [2.75, 3.05) is 10.3 Å². The van der Waals surface area contributed by atoms with Gasteiger partial charge in [-0.25, -0.2) is 9.80 Å². The first-order valence-corrected chi connectivity index (χ1v) is 11.4. The van der Waals surface area contributed by atoms with E-state index in [0.717, 1.165) is 11.1 Å². The Morgan fingerprint density at radius 3 is 2.27 bits per heavy atom. The molecule has 1 atom stereocenters. The number of halogens is 4. The first-order chi connectivity index (χ1) is 17.6. The van der Waals surface area contributed by atoms with Gasteiger partial charge in [0.25, 0.3) is 5.91 Å². The molecule has 37 heavy (non-hydrogen) atoms. The minimum Gasteiger partial charge on any atom is -0.443 e. The van der Waals surface area contributed by atoms with Crippen molar-refractivity contribution in [2.45, 2.75) is 25.1 Å². The van der Waals surface area contributed by atoms with E-state index in [-0.39, 0.29) is 35.0 Å². The van der Waals surface area contributed by atoms with Crippen LogP contribution < -0.4 is 10.3 Å².